The van der Waals surface area contributed by atoms with Crippen molar-refractivity contribution in [1.82, 2.24) is 9.97 Å². The van der Waals surface area contributed by atoms with Crippen molar-refractivity contribution in [2.75, 3.05) is 11.9 Å². The van der Waals surface area contributed by atoms with E-state index in [2.05, 4.69) is 43.0 Å². The number of rotatable bonds is 3. The zero-order valence-corrected chi connectivity index (χ0v) is 9.71. The Morgan fingerprint density at radius 1 is 1.40 bits per heavy atom. The summed E-state index contributed by atoms with van der Waals surface area (Å²) in [7, 11) is 0. The van der Waals surface area contributed by atoms with Gasteiger partial charge in [-0.2, -0.15) is 4.39 Å². The van der Waals surface area contributed by atoms with Crippen molar-refractivity contribution < 1.29 is 4.39 Å². The van der Waals surface area contributed by atoms with Crippen LogP contribution in [0.5, 0.6) is 0 Å². The molecule has 1 unspecified atom stereocenters. The molecule has 0 aromatic carbocycles. The van der Waals surface area contributed by atoms with E-state index in [4.69, 9.17) is 0 Å². The summed E-state index contributed by atoms with van der Waals surface area (Å²) in [6.07, 6.45) is 1.22. The monoisotopic (exact) mass is 211 g/mol. The standard InChI is InChI=1S/C11H18FN3/c1-8(11(2,3)4)6-13-10-5-9(12)14-7-15-10/h5,7-8H,6H2,1-4H3,(H,13,14,15). The van der Waals surface area contributed by atoms with Gasteiger partial charge in [-0.3, -0.25) is 0 Å². The Morgan fingerprint density at radius 2 is 2.07 bits per heavy atom. The summed E-state index contributed by atoms with van der Waals surface area (Å²) < 4.78 is 12.7. The van der Waals surface area contributed by atoms with Crippen molar-refractivity contribution in [1.29, 1.82) is 0 Å². The van der Waals surface area contributed by atoms with Crippen LogP contribution in [0.15, 0.2) is 12.4 Å². The molecule has 1 heterocycles. The van der Waals surface area contributed by atoms with E-state index in [1.807, 2.05) is 0 Å². The van der Waals surface area contributed by atoms with Crippen molar-refractivity contribution in [3.05, 3.63) is 18.3 Å². The normalized spacial score (nSPS) is 13.7. The fraction of sp³-hybridized carbons (Fsp3) is 0.636. The number of hydrogen-bond donors (Lipinski definition) is 1. The maximum Gasteiger partial charge on any atom is 0.217 e. The lowest BCUT2D eigenvalue weighted by molar-refractivity contribution is 0.274. The molecule has 15 heavy (non-hydrogen) atoms. The van der Waals surface area contributed by atoms with Crippen LogP contribution in [0.4, 0.5) is 10.2 Å². The summed E-state index contributed by atoms with van der Waals surface area (Å²) in [5.41, 5.74) is 0.235. The van der Waals surface area contributed by atoms with Crippen LogP contribution in [-0.4, -0.2) is 16.5 Å². The van der Waals surface area contributed by atoms with E-state index in [1.54, 1.807) is 0 Å². The van der Waals surface area contributed by atoms with Crippen LogP contribution in [0.3, 0.4) is 0 Å². The van der Waals surface area contributed by atoms with Gasteiger partial charge in [0.25, 0.3) is 0 Å². The molecule has 0 bridgehead atoms. The molecule has 0 aliphatic carbocycles. The summed E-state index contributed by atoms with van der Waals surface area (Å²) in [5, 5.41) is 3.10. The molecule has 1 rings (SSSR count). The van der Waals surface area contributed by atoms with Gasteiger partial charge in [-0.05, 0) is 11.3 Å². The van der Waals surface area contributed by atoms with Gasteiger partial charge >= 0.3 is 0 Å². The van der Waals surface area contributed by atoms with Gasteiger partial charge < -0.3 is 5.32 Å². The van der Waals surface area contributed by atoms with Crippen LogP contribution in [0, 0.1) is 17.3 Å². The molecule has 0 saturated carbocycles. The van der Waals surface area contributed by atoms with Gasteiger partial charge in [-0.15, -0.1) is 0 Å². The van der Waals surface area contributed by atoms with E-state index in [9.17, 15) is 4.39 Å². The maximum absolute atomic E-state index is 12.7. The predicted octanol–water partition coefficient (Wildman–Crippen LogP) is 2.71. The Bertz CT molecular complexity index is 320. The Balaban J connectivity index is 2.51. The van der Waals surface area contributed by atoms with Crippen LogP contribution in [0.2, 0.25) is 0 Å². The Hall–Kier alpha value is -1.19. The highest BCUT2D eigenvalue weighted by Gasteiger charge is 2.19. The third-order valence-corrected chi connectivity index (χ3v) is 2.70. The first-order valence-corrected chi connectivity index (χ1v) is 5.11. The molecular weight excluding hydrogens is 193 g/mol. The van der Waals surface area contributed by atoms with E-state index >= 15 is 0 Å². The molecule has 1 atom stereocenters. The minimum Gasteiger partial charge on any atom is -0.370 e. The molecule has 0 fully saturated rings. The minimum atomic E-state index is -0.504. The number of nitrogens with zero attached hydrogens (tertiary/aromatic N) is 2. The molecule has 0 amide bonds. The molecule has 84 valence electrons. The molecule has 0 aliphatic heterocycles. The van der Waals surface area contributed by atoms with Gasteiger partial charge in [-0.1, -0.05) is 27.7 Å². The SMILES string of the molecule is CC(CNc1cc(F)ncn1)C(C)(C)C. The van der Waals surface area contributed by atoms with Crippen LogP contribution in [-0.2, 0) is 0 Å². The maximum atomic E-state index is 12.7. The largest absolute Gasteiger partial charge is 0.370 e. The lowest BCUT2D eigenvalue weighted by Crippen LogP contribution is -2.25. The molecule has 1 aromatic heterocycles. The molecule has 0 saturated heterocycles. The molecule has 0 spiro atoms. The Labute approximate surface area is 90.1 Å². The Morgan fingerprint density at radius 3 is 2.60 bits per heavy atom. The molecular formula is C11H18FN3. The highest BCUT2D eigenvalue weighted by atomic mass is 19.1. The van der Waals surface area contributed by atoms with E-state index in [0.29, 0.717) is 11.7 Å². The lowest BCUT2D eigenvalue weighted by atomic mass is 9.82. The highest BCUT2D eigenvalue weighted by molar-refractivity contribution is 5.32. The van der Waals surface area contributed by atoms with Gasteiger partial charge in [0.15, 0.2) is 0 Å². The second-order valence-electron chi connectivity index (χ2n) is 4.87. The van der Waals surface area contributed by atoms with E-state index in [1.165, 1.54) is 12.4 Å². The fourth-order valence-corrected chi connectivity index (χ4v) is 0.994. The van der Waals surface area contributed by atoms with Crippen LogP contribution < -0.4 is 5.32 Å². The van der Waals surface area contributed by atoms with Crippen molar-refractivity contribution in [3.8, 4) is 0 Å². The van der Waals surface area contributed by atoms with Gasteiger partial charge in [0, 0.05) is 12.6 Å². The summed E-state index contributed by atoms with van der Waals surface area (Å²) in [6.45, 7) is 9.48. The number of anilines is 1. The third kappa shape index (κ3) is 3.81. The van der Waals surface area contributed by atoms with Crippen molar-refractivity contribution in [2.45, 2.75) is 27.7 Å². The van der Waals surface area contributed by atoms with Crippen LogP contribution in [0.25, 0.3) is 0 Å². The second kappa shape index (κ2) is 4.55. The predicted molar refractivity (Wildman–Crippen MR) is 59.1 cm³/mol. The van der Waals surface area contributed by atoms with E-state index in [-0.39, 0.29) is 5.41 Å². The van der Waals surface area contributed by atoms with E-state index < -0.39 is 5.95 Å². The van der Waals surface area contributed by atoms with E-state index in [0.717, 1.165) is 6.54 Å². The van der Waals surface area contributed by atoms with Crippen molar-refractivity contribution >= 4 is 5.82 Å². The van der Waals surface area contributed by atoms with Crippen LogP contribution >= 0.6 is 0 Å². The first-order chi connectivity index (χ1) is 6.89. The van der Waals surface area contributed by atoms with Gasteiger partial charge in [0.2, 0.25) is 5.95 Å². The quantitative estimate of drug-likeness (QED) is 0.781. The average Bonchev–Trinajstić information content (AvgIpc) is 2.12. The topological polar surface area (TPSA) is 37.8 Å². The van der Waals surface area contributed by atoms with Crippen LogP contribution in [0.1, 0.15) is 27.7 Å². The second-order valence-corrected chi connectivity index (χ2v) is 4.87. The minimum absolute atomic E-state index is 0.235. The molecule has 1 aromatic rings. The fourth-order valence-electron chi connectivity index (χ4n) is 0.994. The van der Waals surface area contributed by atoms with Crippen molar-refractivity contribution in [2.24, 2.45) is 11.3 Å². The van der Waals surface area contributed by atoms with Gasteiger partial charge in [-0.25, -0.2) is 9.97 Å². The summed E-state index contributed by atoms with van der Waals surface area (Å²) in [4.78, 5) is 7.33. The van der Waals surface area contributed by atoms with Crippen molar-refractivity contribution in [3.63, 3.8) is 0 Å². The number of nitrogens with one attached hydrogen (secondary N) is 1. The highest BCUT2D eigenvalue weighted by Crippen LogP contribution is 2.25. The molecule has 0 aliphatic rings. The Kier molecular flexibility index (Phi) is 3.61. The molecule has 3 nitrogen and oxygen atoms in total. The first-order valence-electron chi connectivity index (χ1n) is 5.11. The zero-order valence-electron chi connectivity index (χ0n) is 9.71. The number of halogens is 1. The zero-order chi connectivity index (χ0) is 11.5. The summed E-state index contributed by atoms with van der Waals surface area (Å²) in [5.74, 6) is 0.519. The molecule has 1 N–H and O–H groups in total. The number of aromatic nitrogens is 2. The smallest absolute Gasteiger partial charge is 0.217 e. The number of hydrogen-bond acceptors (Lipinski definition) is 3. The van der Waals surface area contributed by atoms with Gasteiger partial charge in [0.05, 0.1) is 0 Å². The molecule has 0 radical (unpaired) electrons. The third-order valence-electron chi connectivity index (χ3n) is 2.70. The lowest BCUT2D eigenvalue weighted by Gasteiger charge is -2.27. The summed E-state index contributed by atoms with van der Waals surface area (Å²) >= 11 is 0. The van der Waals surface area contributed by atoms with Gasteiger partial charge in [0.1, 0.15) is 12.1 Å². The average molecular weight is 211 g/mol. The summed E-state index contributed by atoms with van der Waals surface area (Å²) in [6, 6.07) is 1.30. The molecule has 4 heteroatoms. The first kappa shape index (κ1) is 11.9.